The highest BCUT2D eigenvalue weighted by molar-refractivity contribution is 5.69. The molecule has 0 fully saturated rings. The molecule has 0 saturated heterocycles. The van der Waals surface area contributed by atoms with Gasteiger partial charge in [0.05, 0.1) is 0 Å². The Hall–Kier alpha value is -1.58. The molecule has 0 saturated carbocycles. The maximum atomic E-state index is 12.2. The molecule has 0 aliphatic heterocycles. The van der Waals surface area contributed by atoms with Gasteiger partial charge in [-0.1, -0.05) is 176 Å². The van der Waals surface area contributed by atoms with Gasteiger partial charge in [0.1, 0.15) is 13.2 Å². The van der Waals surface area contributed by atoms with Crippen molar-refractivity contribution in [2.24, 2.45) is 35.5 Å². The highest BCUT2D eigenvalue weighted by Gasteiger charge is 2.09. The van der Waals surface area contributed by atoms with E-state index in [1.54, 1.807) is 0 Å². The summed E-state index contributed by atoms with van der Waals surface area (Å²) in [5.74, 6) is 4.78. The molecule has 53 heavy (non-hydrogen) atoms. The van der Waals surface area contributed by atoms with Crippen LogP contribution in [0.3, 0.4) is 0 Å². The fraction of sp³-hybridized carbons (Fsp3) is 0.878. The minimum Gasteiger partial charge on any atom is -0.461 e. The van der Waals surface area contributed by atoms with Crippen LogP contribution in [0.25, 0.3) is 0 Å². The number of allylic oxidation sites excluding steroid dienone is 2. The largest absolute Gasteiger partial charge is 0.461 e. The fourth-order valence-electron chi connectivity index (χ4n) is 7.39. The van der Waals surface area contributed by atoms with Crippen molar-refractivity contribution in [2.45, 2.75) is 230 Å². The van der Waals surface area contributed by atoms with Crippen LogP contribution < -0.4 is 0 Å². The summed E-state index contributed by atoms with van der Waals surface area (Å²) < 4.78 is 10.9. The van der Waals surface area contributed by atoms with Gasteiger partial charge in [0.2, 0.25) is 0 Å². The number of carbonyl (C=O) groups is 2. The molecule has 0 heterocycles. The molecular formula is C49H92O4. The summed E-state index contributed by atoms with van der Waals surface area (Å²) in [7, 11) is 0. The number of hydrogen-bond acceptors (Lipinski definition) is 4. The normalized spacial score (nSPS) is 14.8. The summed E-state index contributed by atoms with van der Waals surface area (Å²) in [5.41, 5.74) is 2.65. The first kappa shape index (κ1) is 51.4. The number of carbonyl (C=O) groups excluding carboxylic acids is 2. The van der Waals surface area contributed by atoms with Gasteiger partial charge in [-0.2, -0.15) is 0 Å². The smallest absolute Gasteiger partial charge is 0.306 e. The molecule has 0 radical (unpaired) electrons. The van der Waals surface area contributed by atoms with Crippen LogP contribution in [-0.4, -0.2) is 25.2 Å². The van der Waals surface area contributed by atoms with E-state index in [9.17, 15) is 9.59 Å². The Bertz CT molecular complexity index is 857. The Morgan fingerprint density at radius 2 is 0.660 bits per heavy atom. The van der Waals surface area contributed by atoms with Crippen molar-refractivity contribution in [3.8, 4) is 0 Å². The maximum Gasteiger partial charge on any atom is 0.306 e. The fourth-order valence-corrected chi connectivity index (χ4v) is 7.39. The average Bonchev–Trinajstić information content (AvgIpc) is 3.07. The van der Waals surface area contributed by atoms with Crippen molar-refractivity contribution < 1.29 is 19.1 Å². The van der Waals surface area contributed by atoms with E-state index < -0.39 is 0 Å². The van der Waals surface area contributed by atoms with Gasteiger partial charge in [-0.3, -0.25) is 9.59 Å². The second kappa shape index (κ2) is 34.9. The van der Waals surface area contributed by atoms with Gasteiger partial charge >= 0.3 is 11.9 Å². The molecule has 0 unspecified atom stereocenters. The lowest BCUT2D eigenvalue weighted by molar-refractivity contribution is -0.143. The molecule has 0 N–H and O–H groups in total. The van der Waals surface area contributed by atoms with E-state index >= 15 is 0 Å². The van der Waals surface area contributed by atoms with Crippen LogP contribution in [0.4, 0.5) is 0 Å². The van der Waals surface area contributed by atoms with Gasteiger partial charge < -0.3 is 9.47 Å². The molecule has 0 aromatic carbocycles. The monoisotopic (exact) mass is 745 g/mol. The third-order valence-electron chi connectivity index (χ3n) is 11.4. The first-order chi connectivity index (χ1) is 25.3. The third-order valence-corrected chi connectivity index (χ3v) is 11.4. The van der Waals surface area contributed by atoms with E-state index in [4.69, 9.17) is 9.47 Å². The molecule has 312 valence electrons. The lowest BCUT2D eigenvalue weighted by Gasteiger charge is -2.15. The molecular weight excluding hydrogens is 653 g/mol. The first-order valence-electron chi connectivity index (χ1n) is 22.9. The highest BCUT2D eigenvalue weighted by Crippen LogP contribution is 2.23. The lowest BCUT2D eigenvalue weighted by Crippen LogP contribution is -2.05. The Morgan fingerprint density at radius 3 is 0.981 bits per heavy atom. The summed E-state index contributed by atoms with van der Waals surface area (Å²) in [6.45, 7) is 24.1. The van der Waals surface area contributed by atoms with Crippen molar-refractivity contribution in [3.63, 3.8) is 0 Å². The summed E-state index contributed by atoms with van der Waals surface area (Å²) >= 11 is 0. The van der Waals surface area contributed by atoms with Crippen LogP contribution in [0.2, 0.25) is 0 Å². The zero-order chi connectivity index (χ0) is 39.7. The molecule has 4 nitrogen and oxygen atoms in total. The molecule has 4 heteroatoms. The average molecular weight is 745 g/mol. The van der Waals surface area contributed by atoms with E-state index in [1.165, 1.54) is 114 Å². The van der Waals surface area contributed by atoms with Gasteiger partial charge in [-0.05, 0) is 100 Å². The Balaban J connectivity index is 3.75. The highest BCUT2D eigenvalue weighted by atomic mass is 16.5. The SMILES string of the molecule is CC(=CCOC(=O)CCCCCCCC(=O)OCC=C(C)CCC[C@H](C)CCC[C@H](C)CCCC(C)C)CCC[C@H](C)CCC[C@H](C)CCCC(C)C. The minimum absolute atomic E-state index is 0.101. The quantitative estimate of drug-likeness (QED) is 0.0364. The summed E-state index contributed by atoms with van der Waals surface area (Å²) in [4.78, 5) is 24.3. The summed E-state index contributed by atoms with van der Waals surface area (Å²) in [6.07, 6.45) is 33.4. The van der Waals surface area contributed by atoms with Gasteiger partial charge in [-0.25, -0.2) is 0 Å². The molecule has 0 aromatic heterocycles. The van der Waals surface area contributed by atoms with Gasteiger partial charge in [0.25, 0.3) is 0 Å². The first-order valence-corrected chi connectivity index (χ1v) is 22.9. The number of hydrogen-bond donors (Lipinski definition) is 0. The number of esters is 2. The molecule has 0 rings (SSSR count). The van der Waals surface area contributed by atoms with Crippen LogP contribution in [0.15, 0.2) is 23.3 Å². The second-order valence-electron chi connectivity index (χ2n) is 18.5. The molecule has 0 amide bonds. The second-order valence-corrected chi connectivity index (χ2v) is 18.5. The van der Waals surface area contributed by atoms with Crippen molar-refractivity contribution in [2.75, 3.05) is 13.2 Å². The predicted octanol–water partition coefficient (Wildman–Crippen LogP) is 15.6. The minimum atomic E-state index is -0.101. The van der Waals surface area contributed by atoms with E-state index in [0.29, 0.717) is 26.1 Å². The molecule has 0 aliphatic rings. The van der Waals surface area contributed by atoms with Gasteiger partial charge in [0, 0.05) is 12.8 Å². The van der Waals surface area contributed by atoms with E-state index in [2.05, 4.69) is 81.4 Å². The van der Waals surface area contributed by atoms with Crippen molar-refractivity contribution >= 4 is 11.9 Å². The topological polar surface area (TPSA) is 52.6 Å². The van der Waals surface area contributed by atoms with Crippen LogP contribution >= 0.6 is 0 Å². The van der Waals surface area contributed by atoms with Crippen LogP contribution in [0.1, 0.15) is 230 Å². The third kappa shape index (κ3) is 37.1. The number of ether oxygens (including phenoxy) is 2. The standard InChI is InChI=1S/C49H92O4/c1-40(2)22-16-24-42(5)26-18-28-44(7)30-20-32-46(9)36-38-52-48(50)34-14-12-11-13-15-35-49(51)53-39-37-47(10)33-21-31-45(8)29-19-27-43(6)25-17-23-41(3)4/h36-37,40-45H,11-35,38-39H2,1-10H3/t42-,43-,44-,45-/m1/s1. The zero-order valence-electron chi connectivity index (χ0n) is 37.3. The van der Waals surface area contributed by atoms with Crippen molar-refractivity contribution in [1.82, 2.24) is 0 Å². The Labute approximate surface area is 331 Å². The lowest BCUT2D eigenvalue weighted by atomic mass is 9.91. The molecule has 0 spiro atoms. The van der Waals surface area contributed by atoms with Gasteiger partial charge in [0.15, 0.2) is 0 Å². The zero-order valence-corrected chi connectivity index (χ0v) is 37.3. The van der Waals surface area contributed by atoms with Crippen LogP contribution in [0.5, 0.6) is 0 Å². The predicted molar refractivity (Wildman–Crippen MR) is 231 cm³/mol. The molecule has 0 aliphatic carbocycles. The number of unbranched alkanes of at least 4 members (excludes halogenated alkanes) is 4. The Morgan fingerprint density at radius 1 is 0.377 bits per heavy atom. The van der Waals surface area contributed by atoms with E-state index in [-0.39, 0.29) is 11.9 Å². The molecule has 0 bridgehead atoms. The van der Waals surface area contributed by atoms with Crippen molar-refractivity contribution in [1.29, 1.82) is 0 Å². The van der Waals surface area contributed by atoms with E-state index in [1.807, 2.05) is 0 Å². The Kier molecular flexibility index (Phi) is 33.8. The van der Waals surface area contributed by atoms with E-state index in [0.717, 1.165) is 80.5 Å². The van der Waals surface area contributed by atoms with Gasteiger partial charge in [-0.15, -0.1) is 0 Å². The van der Waals surface area contributed by atoms with Crippen molar-refractivity contribution in [3.05, 3.63) is 23.3 Å². The number of rotatable bonds is 36. The molecule has 0 aromatic rings. The van der Waals surface area contributed by atoms with Crippen LogP contribution in [0, 0.1) is 35.5 Å². The summed E-state index contributed by atoms with van der Waals surface area (Å²) in [6, 6.07) is 0. The van der Waals surface area contributed by atoms with Crippen LogP contribution in [-0.2, 0) is 19.1 Å². The summed E-state index contributed by atoms with van der Waals surface area (Å²) in [5, 5.41) is 0. The maximum absolute atomic E-state index is 12.2. The molecule has 4 atom stereocenters.